The summed E-state index contributed by atoms with van der Waals surface area (Å²) < 4.78 is 10.6. The van der Waals surface area contributed by atoms with Crippen molar-refractivity contribution in [3.8, 4) is 5.75 Å². The molecule has 6 nitrogen and oxygen atoms in total. The van der Waals surface area contributed by atoms with Crippen LogP contribution >= 0.6 is 0 Å². The van der Waals surface area contributed by atoms with Crippen LogP contribution in [0.5, 0.6) is 5.75 Å². The van der Waals surface area contributed by atoms with Gasteiger partial charge < -0.3 is 14.8 Å². The molecule has 1 aliphatic heterocycles. The first-order valence-corrected chi connectivity index (χ1v) is 7.12. The van der Waals surface area contributed by atoms with Gasteiger partial charge in [-0.2, -0.15) is 0 Å². The Labute approximate surface area is 124 Å². The molecule has 0 saturated heterocycles. The van der Waals surface area contributed by atoms with Crippen LogP contribution in [0.1, 0.15) is 20.3 Å². The summed E-state index contributed by atoms with van der Waals surface area (Å²) in [6.07, 6.45) is 0.754. The molecule has 2 amide bonds. The topological polar surface area (TPSA) is 67.9 Å². The molecule has 0 radical (unpaired) electrons. The minimum atomic E-state index is -0.445. The molecule has 1 heterocycles. The Balaban J connectivity index is 2.07. The van der Waals surface area contributed by atoms with Crippen molar-refractivity contribution < 1.29 is 19.1 Å². The van der Waals surface area contributed by atoms with Crippen molar-refractivity contribution in [3.63, 3.8) is 0 Å². The van der Waals surface area contributed by atoms with Crippen molar-refractivity contribution in [3.05, 3.63) is 24.3 Å². The first-order valence-electron chi connectivity index (χ1n) is 7.12. The van der Waals surface area contributed by atoms with Crippen LogP contribution in [-0.4, -0.2) is 37.8 Å². The van der Waals surface area contributed by atoms with Crippen LogP contribution in [-0.2, 0) is 9.53 Å². The predicted octanol–water partition coefficient (Wildman–Crippen LogP) is 1.94. The van der Waals surface area contributed by atoms with Gasteiger partial charge in [0.2, 0.25) is 0 Å². The first kappa shape index (κ1) is 15.2. The molecule has 21 heavy (non-hydrogen) atoms. The van der Waals surface area contributed by atoms with Crippen molar-refractivity contribution in [1.29, 1.82) is 0 Å². The number of nitrogens with zero attached hydrogens (tertiary/aromatic N) is 1. The first-order chi connectivity index (χ1) is 10.2. The van der Waals surface area contributed by atoms with Crippen molar-refractivity contribution in [2.45, 2.75) is 26.4 Å². The van der Waals surface area contributed by atoms with Gasteiger partial charge in [-0.05, 0) is 25.5 Å². The third-order valence-electron chi connectivity index (χ3n) is 3.23. The molecule has 6 heteroatoms. The zero-order valence-corrected chi connectivity index (χ0v) is 12.3. The van der Waals surface area contributed by atoms with E-state index in [4.69, 9.17) is 9.47 Å². The van der Waals surface area contributed by atoms with Gasteiger partial charge in [-0.15, -0.1) is 0 Å². The van der Waals surface area contributed by atoms with Crippen molar-refractivity contribution in [1.82, 2.24) is 5.32 Å². The minimum absolute atomic E-state index is 0.0479. The molecule has 0 fully saturated rings. The summed E-state index contributed by atoms with van der Waals surface area (Å²) in [5.74, 6) is 0.237. The molecule has 114 valence electrons. The number of esters is 1. The van der Waals surface area contributed by atoms with Crippen LogP contribution in [0.3, 0.4) is 0 Å². The molecule has 1 aromatic carbocycles. The molecule has 0 aromatic heterocycles. The Bertz CT molecular complexity index is 518. The molecular weight excluding hydrogens is 272 g/mol. The quantitative estimate of drug-likeness (QED) is 0.861. The zero-order chi connectivity index (χ0) is 15.2. The Morgan fingerprint density at radius 1 is 1.38 bits per heavy atom. The number of rotatable bonds is 4. The van der Waals surface area contributed by atoms with Gasteiger partial charge in [0.25, 0.3) is 0 Å². The zero-order valence-electron chi connectivity index (χ0n) is 12.3. The molecular formula is C15H20N2O4. The molecule has 0 spiro atoms. The molecule has 2 rings (SSSR count). The molecule has 1 aromatic rings. The molecule has 0 saturated carbocycles. The highest BCUT2D eigenvalue weighted by atomic mass is 16.5. The Hall–Kier alpha value is -2.24. The lowest BCUT2D eigenvalue weighted by Gasteiger charge is -2.34. The molecule has 1 aliphatic rings. The Morgan fingerprint density at radius 2 is 2.14 bits per heavy atom. The Morgan fingerprint density at radius 3 is 2.86 bits per heavy atom. The van der Waals surface area contributed by atoms with E-state index in [9.17, 15) is 9.59 Å². The van der Waals surface area contributed by atoms with Gasteiger partial charge in [-0.25, -0.2) is 4.79 Å². The summed E-state index contributed by atoms with van der Waals surface area (Å²) in [5.41, 5.74) is 0.712. The predicted molar refractivity (Wildman–Crippen MR) is 78.5 cm³/mol. The van der Waals surface area contributed by atoms with Crippen molar-refractivity contribution in [2.24, 2.45) is 0 Å². The van der Waals surface area contributed by atoms with Crippen LogP contribution in [0.25, 0.3) is 0 Å². The van der Waals surface area contributed by atoms with E-state index in [1.165, 1.54) is 0 Å². The van der Waals surface area contributed by atoms with Gasteiger partial charge >= 0.3 is 12.0 Å². The van der Waals surface area contributed by atoms with E-state index in [-0.39, 0.29) is 18.7 Å². The highest BCUT2D eigenvalue weighted by Gasteiger charge is 2.28. The second kappa shape index (κ2) is 6.97. The summed E-state index contributed by atoms with van der Waals surface area (Å²) in [7, 11) is 0. The van der Waals surface area contributed by atoms with E-state index in [0.717, 1.165) is 6.42 Å². The van der Waals surface area contributed by atoms with Crippen LogP contribution in [0.4, 0.5) is 10.5 Å². The van der Waals surface area contributed by atoms with E-state index < -0.39 is 5.97 Å². The highest BCUT2D eigenvalue weighted by molar-refractivity contribution is 5.95. The minimum Gasteiger partial charge on any atom is -0.486 e. The van der Waals surface area contributed by atoms with Gasteiger partial charge in [-0.3, -0.25) is 9.69 Å². The number of anilines is 1. The standard InChI is InChI=1S/C15H20N2O4/c1-3-11-10-17(12-7-5-6-8-13(12)21-11)15(19)16-9-14(18)20-4-2/h5-8,11H,3-4,9-10H2,1-2H3,(H,16,19). The lowest BCUT2D eigenvalue weighted by Crippen LogP contribution is -2.49. The maximum atomic E-state index is 12.3. The van der Waals surface area contributed by atoms with Gasteiger partial charge in [0.15, 0.2) is 0 Å². The number of hydrogen-bond acceptors (Lipinski definition) is 4. The third-order valence-corrected chi connectivity index (χ3v) is 3.23. The fourth-order valence-electron chi connectivity index (χ4n) is 2.16. The number of nitrogens with one attached hydrogen (secondary N) is 1. The normalized spacial score (nSPS) is 16.7. The molecule has 0 aliphatic carbocycles. The number of hydrogen-bond donors (Lipinski definition) is 1. The van der Waals surface area contributed by atoms with Crippen LogP contribution in [0, 0.1) is 0 Å². The molecule has 0 bridgehead atoms. The molecule has 1 N–H and O–H groups in total. The van der Waals surface area contributed by atoms with Gasteiger partial charge in [0.1, 0.15) is 18.4 Å². The van der Waals surface area contributed by atoms with Gasteiger partial charge in [-0.1, -0.05) is 19.1 Å². The average molecular weight is 292 g/mol. The van der Waals surface area contributed by atoms with E-state index in [2.05, 4.69) is 5.32 Å². The number of benzene rings is 1. The smallest absolute Gasteiger partial charge is 0.325 e. The van der Waals surface area contributed by atoms with Crippen molar-refractivity contribution >= 4 is 17.7 Å². The van der Waals surface area contributed by atoms with Crippen LogP contribution < -0.4 is 15.0 Å². The molecule has 1 unspecified atom stereocenters. The monoisotopic (exact) mass is 292 g/mol. The second-order valence-corrected chi connectivity index (χ2v) is 4.69. The highest BCUT2D eigenvalue weighted by Crippen LogP contribution is 2.33. The maximum Gasteiger partial charge on any atom is 0.325 e. The lowest BCUT2D eigenvalue weighted by molar-refractivity contribution is -0.141. The number of carbonyl (C=O) groups excluding carboxylic acids is 2. The van der Waals surface area contributed by atoms with E-state index in [0.29, 0.717) is 24.6 Å². The Kier molecular flexibility index (Phi) is 5.03. The summed E-state index contributed by atoms with van der Waals surface area (Å²) in [5, 5.41) is 2.58. The lowest BCUT2D eigenvalue weighted by atomic mass is 10.1. The van der Waals surface area contributed by atoms with Gasteiger partial charge in [0.05, 0.1) is 18.8 Å². The van der Waals surface area contributed by atoms with E-state index in [1.54, 1.807) is 11.8 Å². The summed E-state index contributed by atoms with van der Waals surface area (Å²) >= 11 is 0. The third kappa shape index (κ3) is 3.65. The number of ether oxygens (including phenoxy) is 2. The number of urea groups is 1. The van der Waals surface area contributed by atoms with E-state index >= 15 is 0 Å². The summed E-state index contributed by atoms with van der Waals surface area (Å²) in [4.78, 5) is 25.2. The fraction of sp³-hybridized carbons (Fsp3) is 0.467. The van der Waals surface area contributed by atoms with E-state index in [1.807, 2.05) is 31.2 Å². The maximum absolute atomic E-state index is 12.3. The van der Waals surface area contributed by atoms with Gasteiger partial charge in [0, 0.05) is 0 Å². The fourth-order valence-corrected chi connectivity index (χ4v) is 2.16. The number of fused-ring (bicyclic) bond motifs is 1. The SMILES string of the molecule is CCOC(=O)CNC(=O)N1CC(CC)Oc2ccccc21. The number of amides is 2. The van der Waals surface area contributed by atoms with Crippen LogP contribution in [0.15, 0.2) is 24.3 Å². The van der Waals surface area contributed by atoms with Crippen molar-refractivity contribution in [2.75, 3.05) is 24.6 Å². The summed E-state index contributed by atoms with van der Waals surface area (Å²) in [6.45, 7) is 4.36. The second-order valence-electron chi connectivity index (χ2n) is 4.69. The average Bonchev–Trinajstić information content (AvgIpc) is 2.51. The van der Waals surface area contributed by atoms with Crippen LogP contribution in [0.2, 0.25) is 0 Å². The largest absolute Gasteiger partial charge is 0.486 e. The molecule has 1 atom stereocenters. The number of carbonyl (C=O) groups is 2. The number of para-hydroxylation sites is 2. The summed E-state index contributed by atoms with van der Waals surface area (Å²) in [6, 6.07) is 7.05.